The van der Waals surface area contributed by atoms with Gasteiger partial charge in [0.2, 0.25) is 0 Å². The van der Waals surface area contributed by atoms with Gasteiger partial charge >= 0.3 is 0 Å². The molecule has 104 valence electrons. The highest BCUT2D eigenvalue weighted by Crippen LogP contribution is 2.29. The number of rotatable bonds is 4. The van der Waals surface area contributed by atoms with Crippen LogP contribution in [0.1, 0.15) is 25.0 Å². The first kappa shape index (κ1) is 14.1. The second kappa shape index (κ2) is 5.74. The van der Waals surface area contributed by atoms with Crippen LogP contribution in [0.3, 0.4) is 0 Å². The molecule has 0 aliphatic heterocycles. The van der Waals surface area contributed by atoms with Gasteiger partial charge in [0.05, 0.1) is 11.7 Å². The van der Waals surface area contributed by atoms with E-state index in [9.17, 15) is 4.39 Å². The summed E-state index contributed by atoms with van der Waals surface area (Å²) in [7, 11) is 0. The summed E-state index contributed by atoms with van der Waals surface area (Å²) in [5.41, 5.74) is 7.21. The lowest BCUT2D eigenvalue weighted by molar-refractivity contribution is 0.242. The smallest absolute Gasteiger partial charge is 0.136 e. The predicted octanol–water partition coefficient (Wildman–Crippen LogP) is 3.65. The zero-order chi connectivity index (χ0) is 14.7. The number of ether oxygens (including phenoxy) is 1. The Morgan fingerprint density at radius 3 is 2.75 bits per heavy atom. The molecule has 0 radical (unpaired) electrons. The lowest BCUT2D eigenvalue weighted by atomic mass is 9.99. The van der Waals surface area contributed by atoms with Gasteiger partial charge in [-0.2, -0.15) is 0 Å². The third-order valence-corrected chi connectivity index (χ3v) is 2.79. The average Bonchev–Trinajstić information content (AvgIpc) is 2.38. The number of nitrogen functional groups attached to an aromatic ring is 1. The van der Waals surface area contributed by atoms with Crippen LogP contribution in [0.25, 0.3) is 5.57 Å². The van der Waals surface area contributed by atoms with Crippen LogP contribution in [-0.2, 0) is 0 Å². The standard InChI is InChI=1S/C16H17FN2O/c1-10(2)20-13-6-4-5-12(9-13)11(3)15-14(17)7-8-19-16(15)18/h4-10H,3H2,1-2H3,(H2,18,19). The third-order valence-electron chi connectivity index (χ3n) is 2.79. The Labute approximate surface area is 117 Å². The highest BCUT2D eigenvalue weighted by Gasteiger charge is 2.13. The van der Waals surface area contributed by atoms with Crippen molar-refractivity contribution in [2.24, 2.45) is 0 Å². The van der Waals surface area contributed by atoms with Crippen molar-refractivity contribution in [3.63, 3.8) is 0 Å². The zero-order valence-corrected chi connectivity index (χ0v) is 11.6. The number of nitrogens with two attached hydrogens (primary N) is 1. The summed E-state index contributed by atoms with van der Waals surface area (Å²) < 4.78 is 19.5. The molecule has 0 fully saturated rings. The molecule has 1 heterocycles. The molecule has 2 N–H and O–H groups in total. The molecule has 3 nitrogen and oxygen atoms in total. The van der Waals surface area contributed by atoms with Crippen molar-refractivity contribution >= 4 is 11.4 Å². The Hall–Kier alpha value is -2.36. The van der Waals surface area contributed by atoms with Crippen LogP contribution in [-0.4, -0.2) is 11.1 Å². The molecule has 0 amide bonds. The minimum absolute atomic E-state index is 0.0683. The quantitative estimate of drug-likeness (QED) is 0.924. The third kappa shape index (κ3) is 2.96. The van der Waals surface area contributed by atoms with Gasteiger partial charge < -0.3 is 10.5 Å². The molecular formula is C16H17FN2O. The minimum Gasteiger partial charge on any atom is -0.491 e. The first-order valence-electron chi connectivity index (χ1n) is 6.35. The predicted molar refractivity (Wildman–Crippen MR) is 78.9 cm³/mol. The summed E-state index contributed by atoms with van der Waals surface area (Å²) in [4.78, 5) is 3.90. The summed E-state index contributed by atoms with van der Waals surface area (Å²) in [6, 6.07) is 8.60. The number of benzene rings is 1. The summed E-state index contributed by atoms with van der Waals surface area (Å²) in [6.45, 7) is 7.81. The maximum atomic E-state index is 13.9. The largest absolute Gasteiger partial charge is 0.491 e. The van der Waals surface area contributed by atoms with Crippen LogP contribution in [0, 0.1) is 5.82 Å². The summed E-state index contributed by atoms with van der Waals surface area (Å²) >= 11 is 0. The fourth-order valence-electron chi connectivity index (χ4n) is 1.93. The van der Waals surface area contributed by atoms with Crippen LogP contribution < -0.4 is 10.5 Å². The molecule has 1 aromatic carbocycles. The van der Waals surface area contributed by atoms with E-state index in [1.165, 1.54) is 12.3 Å². The Bertz CT molecular complexity index is 618. The highest BCUT2D eigenvalue weighted by atomic mass is 19.1. The Morgan fingerprint density at radius 1 is 1.35 bits per heavy atom. The summed E-state index contributed by atoms with van der Waals surface area (Å²) in [5, 5.41) is 0. The number of aromatic nitrogens is 1. The van der Waals surface area contributed by atoms with Gasteiger partial charge in [0.25, 0.3) is 0 Å². The van der Waals surface area contributed by atoms with E-state index in [1.54, 1.807) is 0 Å². The van der Waals surface area contributed by atoms with Crippen molar-refractivity contribution < 1.29 is 9.13 Å². The van der Waals surface area contributed by atoms with Crippen molar-refractivity contribution in [1.82, 2.24) is 4.98 Å². The van der Waals surface area contributed by atoms with Gasteiger partial charge in [-0.3, -0.25) is 0 Å². The number of hydrogen-bond donors (Lipinski definition) is 1. The lowest BCUT2D eigenvalue weighted by Gasteiger charge is -2.13. The van der Waals surface area contributed by atoms with Crippen LogP contribution in [0.2, 0.25) is 0 Å². The lowest BCUT2D eigenvalue weighted by Crippen LogP contribution is -2.06. The van der Waals surface area contributed by atoms with E-state index in [1.807, 2.05) is 38.1 Å². The number of hydrogen-bond acceptors (Lipinski definition) is 3. The van der Waals surface area contributed by atoms with Gasteiger partial charge in [0.15, 0.2) is 0 Å². The molecule has 2 rings (SSSR count). The normalized spacial score (nSPS) is 10.6. The van der Waals surface area contributed by atoms with Gasteiger partial charge in [-0.1, -0.05) is 18.7 Å². The fourth-order valence-corrected chi connectivity index (χ4v) is 1.93. The molecule has 0 aliphatic rings. The van der Waals surface area contributed by atoms with E-state index >= 15 is 0 Å². The number of anilines is 1. The molecular weight excluding hydrogens is 255 g/mol. The van der Waals surface area contributed by atoms with Crippen LogP contribution in [0.5, 0.6) is 5.75 Å². The van der Waals surface area contributed by atoms with E-state index in [-0.39, 0.29) is 17.5 Å². The van der Waals surface area contributed by atoms with Gasteiger partial charge in [-0.15, -0.1) is 0 Å². The second-order valence-corrected chi connectivity index (χ2v) is 4.73. The molecule has 0 unspecified atom stereocenters. The van der Waals surface area contributed by atoms with Crippen LogP contribution >= 0.6 is 0 Å². The van der Waals surface area contributed by atoms with E-state index in [4.69, 9.17) is 10.5 Å². The van der Waals surface area contributed by atoms with E-state index in [2.05, 4.69) is 11.6 Å². The minimum atomic E-state index is -0.433. The molecule has 2 aromatic rings. The van der Waals surface area contributed by atoms with Gasteiger partial charge in [-0.25, -0.2) is 9.37 Å². The number of nitrogens with zero attached hydrogens (tertiary/aromatic N) is 1. The number of halogens is 1. The molecule has 20 heavy (non-hydrogen) atoms. The Morgan fingerprint density at radius 2 is 2.10 bits per heavy atom. The molecule has 0 bridgehead atoms. The van der Waals surface area contributed by atoms with Crippen molar-refractivity contribution in [3.8, 4) is 5.75 Å². The van der Waals surface area contributed by atoms with E-state index in [0.717, 1.165) is 5.56 Å². The molecule has 1 aromatic heterocycles. The molecule has 0 saturated carbocycles. The highest BCUT2D eigenvalue weighted by molar-refractivity contribution is 5.83. The SMILES string of the molecule is C=C(c1cccc(OC(C)C)c1)c1c(F)ccnc1N. The van der Waals surface area contributed by atoms with Crippen molar-refractivity contribution in [2.45, 2.75) is 20.0 Å². The zero-order valence-electron chi connectivity index (χ0n) is 11.6. The molecule has 0 atom stereocenters. The molecule has 0 saturated heterocycles. The maximum Gasteiger partial charge on any atom is 0.136 e. The monoisotopic (exact) mass is 272 g/mol. The Kier molecular flexibility index (Phi) is 4.03. The van der Waals surface area contributed by atoms with E-state index in [0.29, 0.717) is 11.3 Å². The second-order valence-electron chi connectivity index (χ2n) is 4.73. The molecule has 0 aliphatic carbocycles. The van der Waals surface area contributed by atoms with Crippen LogP contribution in [0.4, 0.5) is 10.2 Å². The van der Waals surface area contributed by atoms with Crippen LogP contribution in [0.15, 0.2) is 43.1 Å². The maximum absolute atomic E-state index is 13.9. The topological polar surface area (TPSA) is 48.1 Å². The first-order chi connectivity index (χ1) is 9.49. The number of pyridine rings is 1. The van der Waals surface area contributed by atoms with Gasteiger partial charge in [0, 0.05) is 6.20 Å². The van der Waals surface area contributed by atoms with Crippen molar-refractivity contribution in [1.29, 1.82) is 0 Å². The Balaban J connectivity index is 2.39. The first-order valence-corrected chi connectivity index (χ1v) is 6.35. The molecule has 0 spiro atoms. The fraction of sp³-hybridized carbons (Fsp3) is 0.188. The summed E-state index contributed by atoms with van der Waals surface area (Å²) in [5.74, 6) is 0.407. The van der Waals surface area contributed by atoms with Crippen molar-refractivity contribution in [3.05, 3.63) is 60.1 Å². The average molecular weight is 272 g/mol. The van der Waals surface area contributed by atoms with Gasteiger partial charge in [0.1, 0.15) is 17.4 Å². The van der Waals surface area contributed by atoms with Crippen molar-refractivity contribution in [2.75, 3.05) is 5.73 Å². The van der Waals surface area contributed by atoms with E-state index < -0.39 is 5.82 Å². The van der Waals surface area contributed by atoms with Gasteiger partial charge in [-0.05, 0) is 43.2 Å². The molecule has 4 heteroatoms. The summed E-state index contributed by atoms with van der Waals surface area (Å²) in [6.07, 6.45) is 1.40.